The topological polar surface area (TPSA) is 73.6 Å². The molecule has 0 aliphatic carbocycles. The highest BCUT2D eigenvalue weighted by atomic mass is 16.8. The summed E-state index contributed by atoms with van der Waals surface area (Å²) in [6, 6.07) is 0.242. The predicted molar refractivity (Wildman–Crippen MR) is 64.9 cm³/mol. The molecule has 5 heteroatoms. The summed E-state index contributed by atoms with van der Waals surface area (Å²) < 4.78 is 5.24. The molecule has 0 amide bonds. The maximum atomic E-state index is 11.6. The second kappa shape index (κ2) is 6.33. The van der Waals surface area contributed by atoms with Crippen LogP contribution in [0.2, 0.25) is 0 Å². The van der Waals surface area contributed by atoms with Gasteiger partial charge in [-0.2, -0.15) is 5.48 Å². The van der Waals surface area contributed by atoms with Crippen LogP contribution in [0.4, 0.5) is 0 Å². The van der Waals surface area contributed by atoms with E-state index in [1.165, 1.54) is 0 Å². The molecule has 5 nitrogen and oxygen atoms in total. The molecule has 0 saturated carbocycles. The van der Waals surface area contributed by atoms with Crippen molar-refractivity contribution in [2.75, 3.05) is 6.54 Å². The second-order valence-corrected chi connectivity index (χ2v) is 5.76. The van der Waals surface area contributed by atoms with E-state index in [1.807, 2.05) is 20.8 Å². The first kappa shape index (κ1) is 14.4. The normalized spacial score (nSPS) is 24.9. The fraction of sp³-hybridized carbons (Fsp3) is 0.917. The highest BCUT2D eigenvalue weighted by Crippen LogP contribution is 2.21. The molecule has 0 aromatic carbocycles. The van der Waals surface area contributed by atoms with Gasteiger partial charge in [0, 0.05) is 12.5 Å². The summed E-state index contributed by atoms with van der Waals surface area (Å²) in [5.74, 6) is -0.205. The number of hydroxylamine groups is 1. The summed E-state index contributed by atoms with van der Waals surface area (Å²) in [5.41, 5.74) is 8.26. The molecule has 1 fully saturated rings. The van der Waals surface area contributed by atoms with Gasteiger partial charge in [0.25, 0.3) is 0 Å². The van der Waals surface area contributed by atoms with Crippen molar-refractivity contribution in [3.8, 4) is 0 Å². The zero-order chi connectivity index (χ0) is 12.9. The molecule has 0 aromatic heterocycles. The first-order chi connectivity index (χ1) is 7.90. The summed E-state index contributed by atoms with van der Waals surface area (Å²) in [4.78, 5) is 16.8. The minimum Gasteiger partial charge on any atom is -0.434 e. The Kier molecular flexibility index (Phi) is 5.36. The van der Waals surface area contributed by atoms with E-state index in [1.54, 1.807) is 0 Å². The summed E-state index contributed by atoms with van der Waals surface area (Å²) in [6.45, 7) is 6.69. The molecule has 2 atom stereocenters. The van der Waals surface area contributed by atoms with E-state index in [0.717, 1.165) is 12.8 Å². The van der Waals surface area contributed by atoms with Gasteiger partial charge in [-0.3, -0.25) is 9.63 Å². The van der Waals surface area contributed by atoms with Gasteiger partial charge in [-0.05, 0) is 24.8 Å². The van der Waals surface area contributed by atoms with E-state index in [0.29, 0.717) is 19.4 Å². The van der Waals surface area contributed by atoms with Crippen molar-refractivity contribution in [2.45, 2.75) is 58.8 Å². The molecule has 100 valence electrons. The molecule has 0 radical (unpaired) electrons. The van der Waals surface area contributed by atoms with E-state index in [-0.39, 0.29) is 17.4 Å². The smallest absolute Gasteiger partial charge is 0.308 e. The molecular formula is C12H24N2O3. The van der Waals surface area contributed by atoms with Crippen molar-refractivity contribution in [1.29, 1.82) is 0 Å². The van der Waals surface area contributed by atoms with Crippen molar-refractivity contribution in [1.82, 2.24) is 5.48 Å². The minimum absolute atomic E-state index is 0.0535. The van der Waals surface area contributed by atoms with Gasteiger partial charge in [0.05, 0.1) is 6.42 Å². The van der Waals surface area contributed by atoms with E-state index in [4.69, 9.17) is 15.3 Å². The van der Waals surface area contributed by atoms with Crippen LogP contribution in [0.15, 0.2) is 0 Å². The molecule has 1 rings (SSSR count). The molecule has 0 aromatic rings. The number of hydrogen-bond donors (Lipinski definition) is 2. The molecule has 1 saturated heterocycles. The molecule has 1 aliphatic rings. The number of carbonyl (C=O) groups is 1. The Bertz CT molecular complexity index is 251. The third kappa shape index (κ3) is 6.00. The Morgan fingerprint density at radius 1 is 1.53 bits per heavy atom. The summed E-state index contributed by atoms with van der Waals surface area (Å²) >= 11 is 0. The number of nitrogens with one attached hydrogen (secondary N) is 1. The molecule has 1 heterocycles. The molecule has 0 spiro atoms. The van der Waals surface area contributed by atoms with Crippen molar-refractivity contribution in [2.24, 2.45) is 11.1 Å². The lowest BCUT2D eigenvalue weighted by Crippen LogP contribution is -2.22. The van der Waals surface area contributed by atoms with Crippen LogP contribution in [0.25, 0.3) is 0 Å². The van der Waals surface area contributed by atoms with Crippen molar-refractivity contribution in [3.05, 3.63) is 0 Å². The average Bonchev–Trinajstić information content (AvgIpc) is 2.59. The SMILES string of the molecule is CC(C)(C)CC(=O)OC1CC(CCCN)NO1. The van der Waals surface area contributed by atoms with Crippen molar-refractivity contribution < 1.29 is 14.4 Å². The quantitative estimate of drug-likeness (QED) is 0.714. The third-order valence-corrected chi connectivity index (χ3v) is 2.54. The van der Waals surface area contributed by atoms with Crippen LogP contribution in [-0.2, 0) is 14.4 Å². The largest absolute Gasteiger partial charge is 0.434 e. The number of esters is 1. The van der Waals surface area contributed by atoms with Crippen LogP contribution in [0.3, 0.4) is 0 Å². The zero-order valence-electron chi connectivity index (χ0n) is 11.0. The lowest BCUT2D eigenvalue weighted by molar-refractivity contribution is -0.180. The fourth-order valence-corrected chi connectivity index (χ4v) is 1.74. The van der Waals surface area contributed by atoms with Crippen LogP contribution in [0.1, 0.15) is 46.5 Å². The predicted octanol–water partition coefficient (Wildman–Crippen LogP) is 1.32. The van der Waals surface area contributed by atoms with Crippen LogP contribution < -0.4 is 11.2 Å². The summed E-state index contributed by atoms with van der Waals surface area (Å²) in [5, 5.41) is 0. The minimum atomic E-state index is -0.451. The standard InChI is InChI=1S/C12H24N2O3/c1-12(2,3)8-10(15)16-11-7-9(14-17-11)5-4-6-13/h9,11,14H,4-8,13H2,1-3H3. The highest BCUT2D eigenvalue weighted by Gasteiger charge is 2.29. The molecule has 1 aliphatic heterocycles. The van der Waals surface area contributed by atoms with Gasteiger partial charge in [0.2, 0.25) is 6.29 Å². The van der Waals surface area contributed by atoms with Crippen LogP contribution in [0.5, 0.6) is 0 Å². The van der Waals surface area contributed by atoms with Gasteiger partial charge in [-0.15, -0.1) is 0 Å². The molecule has 3 N–H and O–H groups in total. The van der Waals surface area contributed by atoms with Gasteiger partial charge < -0.3 is 10.5 Å². The van der Waals surface area contributed by atoms with Gasteiger partial charge in [0.15, 0.2) is 0 Å². The van der Waals surface area contributed by atoms with Gasteiger partial charge in [-0.1, -0.05) is 20.8 Å². The average molecular weight is 244 g/mol. The number of carbonyl (C=O) groups excluding carboxylic acids is 1. The number of rotatable bonds is 5. The highest BCUT2D eigenvalue weighted by molar-refractivity contribution is 5.70. The monoisotopic (exact) mass is 244 g/mol. The lowest BCUT2D eigenvalue weighted by atomic mass is 9.92. The van der Waals surface area contributed by atoms with E-state index >= 15 is 0 Å². The molecular weight excluding hydrogens is 220 g/mol. The summed E-state index contributed by atoms with van der Waals surface area (Å²) in [7, 11) is 0. The summed E-state index contributed by atoms with van der Waals surface area (Å²) in [6.07, 6.45) is 2.55. The van der Waals surface area contributed by atoms with E-state index < -0.39 is 6.29 Å². The van der Waals surface area contributed by atoms with Crippen molar-refractivity contribution >= 4 is 5.97 Å². The van der Waals surface area contributed by atoms with Crippen LogP contribution in [-0.4, -0.2) is 24.8 Å². The van der Waals surface area contributed by atoms with Crippen LogP contribution in [0, 0.1) is 5.41 Å². The Morgan fingerprint density at radius 3 is 2.82 bits per heavy atom. The second-order valence-electron chi connectivity index (χ2n) is 5.76. The third-order valence-electron chi connectivity index (χ3n) is 2.54. The first-order valence-electron chi connectivity index (χ1n) is 6.21. The molecule has 0 bridgehead atoms. The first-order valence-corrected chi connectivity index (χ1v) is 6.21. The fourth-order valence-electron chi connectivity index (χ4n) is 1.74. The number of nitrogens with two attached hydrogens (primary N) is 1. The van der Waals surface area contributed by atoms with E-state index in [9.17, 15) is 4.79 Å². The van der Waals surface area contributed by atoms with Gasteiger partial charge >= 0.3 is 5.97 Å². The Balaban J connectivity index is 2.23. The van der Waals surface area contributed by atoms with E-state index in [2.05, 4.69) is 5.48 Å². The maximum absolute atomic E-state index is 11.6. The Labute approximate surface area is 103 Å². The number of hydrogen-bond acceptors (Lipinski definition) is 5. The van der Waals surface area contributed by atoms with Gasteiger partial charge in [0.1, 0.15) is 0 Å². The molecule has 17 heavy (non-hydrogen) atoms. The number of ether oxygens (including phenoxy) is 1. The maximum Gasteiger partial charge on any atom is 0.308 e. The molecule has 2 unspecified atom stereocenters. The lowest BCUT2D eigenvalue weighted by Gasteiger charge is -2.18. The Hall–Kier alpha value is -0.650. The van der Waals surface area contributed by atoms with Crippen LogP contribution >= 0.6 is 0 Å². The Morgan fingerprint density at radius 2 is 2.24 bits per heavy atom. The van der Waals surface area contributed by atoms with Crippen molar-refractivity contribution in [3.63, 3.8) is 0 Å². The van der Waals surface area contributed by atoms with Gasteiger partial charge in [-0.25, -0.2) is 0 Å². The zero-order valence-corrected chi connectivity index (χ0v) is 11.0.